The lowest BCUT2D eigenvalue weighted by atomic mass is 10.1. The van der Waals surface area contributed by atoms with Gasteiger partial charge < -0.3 is 24.9 Å². The molecule has 0 bridgehead atoms. The predicted octanol–water partition coefficient (Wildman–Crippen LogP) is 3.03. The maximum atomic E-state index is 15.3. The Kier molecular flexibility index (Phi) is 5.95. The molecule has 0 aromatic carbocycles. The molecule has 4 rings (SSSR count). The smallest absolute Gasteiger partial charge is 0.368 e. The molecule has 0 spiro atoms. The number of halogens is 2. The lowest BCUT2D eigenvalue weighted by Crippen LogP contribution is -2.35. The fraction of sp³-hybridized carbons (Fsp3) is 0.588. The van der Waals surface area contributed by atoms with Crippen molar-refractivity contribution in [2.75, 3.05) is 12.3 Å². The summed E-state index contributed by atoms with van der Waals surface area (Å²) in [5.41, 5.74) is 6.34. The van der Waals surface area contributed by atoms with Gasteiger partial charge in [-0.2, -0.15) is 0 Å². The summed E-state index contributed by atoms with van der Waals surface area (Å²) in [6.45, 7) is -0.462. The standard InChI is InChI=1S/C17H20FIN4O4S/c18-12-13(27-17(25)28-8-3-1-2-4-8)10(6-24)26-16(12)23-5-9(19)11-14(20)21-7-22-15(11)23/h5,7-8,10,12-13,16,24H,1-4,6H2,(H2,20,21,22)/t10-,12?,13+,16-/m1/s1. The van der Waals surface area contributed by atoms with Gasteiger partial charge in [-0.1, -0.05) is 12.8 Å². The Labute approximate surface area is 178 Å². The van der Waals surface area contributed by atoms with Crippen LogP contribution in [0.1, 0.15) is 31.9 Å². The van der Waals surface area contributed by atoms with Crippen LogP contribution < -0.4 is 5.73 Å². The fourth-order valence-electron chi connectivity index (χ4n) is 3.74. The molecule has 0 amide bonds. The number of fused-ring (bicyclic) bond motifs is 1. The Morgan fingerprint density at radius 1 is 1.46 bits per heavy atom. The number of rotatable bonds is 4. The van der Waals surface area contributed by atoms with Gasteiger partial charge in [0.25, 0.3) is 0 Å². The van der Waals surface area contributed by atoms with Crippen molar-refractivity contribution in [2.24, 2.45) is 0 Å². The number of thioether (sulfide) groups is 1. The SMILES string of the molecule is Nc1ncnc2c1c(I)cn2[C@@H]1O[C@H](CO)[C@H](OC(=O)SC2CCCC2)C1F. The van der Waals surface area contributed by atoms with Crippen LogP contribution in [0.4, 0.5) is 15.0 Å². The van der Waals surface area contributed by atoms with Gasteiger partial charge in [0.2, 0.25) is 0 Å². The number of nitrogens with two attached hydrogens (primary N) is 1. The van der Waals surface area contributed by atoms with Crippen LogP contribution in [-0.4, -0.2) is 55.2 Å². The van der Waals surface area contributed by atoms with E-state index >= 15 is 4.39 Å². The van der Waals surface area contributed by atoms with Gasteiger partial charge in [-0.3, -0.25) is 0 Å². The fourth-order valence-corrected chi connectivity index (χ4v) is 5.57. The quantitative estimate of drug-likeness (QED) is 0.466. The molecule has 4 atom stereocenters. The van der Waals surface area contributed by atoms with Crippen molar-refractivity contribution in [3.05, 3.63) is 16.1 Å². The van der Waals surface area contributed by atoms with Gasteiger partial charge in [-0.15, -0.1) is 0 Å². The molecular weight excluding hydrogens is 502 g/mol. The van der Waals surface area contributed by atoms with Gasteiger partial charge in [0.05, 0.1) is 12.0 Å². The minimum atomic E-state index is -1.66. The van der Waals surface area contributed by atoms with Crippen molar-refractivity contribution >= 4 is 56.5 Å². The number of carbonyl (C=O) groups is 1. The Bertz CT molecular complexity index is 878. The molecule has 2 aromatic rings. The van der Waals surface area contributed by atoms with Gasteiger partial charge >= 0.3 is 5.30 Å². The predicted molar refractivity (Wildman–Crippen MR) is 111 cm³/mol. The summed E-state index contributed by atoms with van der Waals surface area (Å²) in [6, 6.07) is 0. The number of anilines is 1. The van der Waals surface area contributed by atoms with E-state index < -0.39 is 36.5 Å². The summed E-state index contributed by atoms with van der Waals surface area (Å²) in [5, 5.41) is 9.93. The molecule has 2 fully saturated rings. The van der Waals surface area contributed by atoms with Crippen LogP contribution in [0, 0.1) is 3.57 Å². The largest absolute Gasteiger partial charge is 0.448 e. The monoisotopic (exact) mass is 522 g/mol. The highest BCUT2D eigenvalue weighted by Crippen LogP contribution is 2.39. The first-order valence-corrected chi connectivity index (χ1v) is 11.0. The lowest BCUT2D eigenvalue weighted by Gasteiger charge is -2.19. The normalized spacial score (nSPS) is 28.2. The van der Waals surface area contributed by atoms with E-state index in [1.807, 2.05) is 0 Å². The number of carbonyl (C=O) groups excluding carboxylic acids is 1. The highest BCUT2D eigenvalue weighted by molar-refractivity contribution is 14.1. The molecule has 2 aliphatic rings. The molecule has 1 saturated carbocycles. The van der Waals surface area contributed by atoms with E-state index in [-0.39, 0.29) is 11.1 Å². The number of aliphatic hydroxyl groups is 1. The molecule has 152 valence electrons. The second kappa shape index (κ2) is 8.28. The van der Waals surface area contributed by atoms with Crippen LogP contribution in [-0.2, 0) is 9.47 Å². The van der Waals surface area contributed by atoms with Gasteiger partial charge in [-0.05, 0) is 47.2 Å². The summed E-state index contributed by atoms with van der Waals surface area (Å²) in [7, 11) is 0. The maximum Gasteiger partial charge on any atom is 0.368 e. The van der Waals surface area contributed by atoms with Gasteiger partial charge in [0.1, 0.15) is 23.9 Å². The highest BCUT2D eigenvalue weighted by Gasteiger charge is 2.49. The van der Waals surface area contributed by atoms with E-state index in [0.29, 0.717) is 11.0 Å². The summed E-state index contributed by atoms with van der Waals surface area (Å²) < 4.78 is 28.6. The first-order valence-electron chi connectivity index (χ1n) is 9.03. The molecule has 1 aliphatic heterocycles. The maximum absolute atomic E-state index is 15.3. The molecule has 8 nitrogen and oxygen atoms in total. The van der Waals surface area contributed by atoms with Crippen LogP contribution in [0.25, 0.3) is 11.0 Å². The Morgan fingerprint density at radius 2 is 2.21 bits per heavy atom. The van der Waals surface area contributed by atoms with Crippen LogP contribution in [0.2, 0.25) is 0 Å². The zero-order chi connectivity index (χ0) is 19.8. The van der Waals surface area contributed by atoms with E-state index in [0.717, 1.165) is 41.0 Å². The van der Waals surface area contributed by atoms with Crippen LogP contribution >= 0.6 is 34.4 Å². The minimum Gasteiger partial charge on any atom is -0.448 e. The summed E-state index contributed by atoms with van der Waals surface area (Å²) in [4.78, 5) is 20.4. The molecule has 11 heteroatoms. The van der Waals surface area contributed by atoms with Crippen molar-refractivity contribution in [3.8, 4) is 0 Å². The molecule has 1 aliphatic carbocycles. The third-order valence-electron chi connectivity index (χ3n) is 5.11. The third-order valence-corrected chi connectivity index (χ3v) is 7.02. The van der Waals surface area contributed by atoms with Crippen molar-refractivity contribution in [2.45, 2.75) is 55.5 Å². The van der Waals surface area contributed by atoms with E-state index in [1.165, 1.54) is 10.9 Å². The number of nitrogen functional groups attached to an aromatic ring is 1. The number of hydrogen-bond acceptors (Lipinski definition) is 8. The number of ether oxygens (including phenoxy) is 2. The lowest BCUT2D eigenvalue weighted by molar-refractivity contribution is -0.0459. The van der Waals surface area contributed by atoms with E-state index in [2.05, 4.69) is 32.6 Å². The topological polar surface area (TPSA) is 112 Å². The number of alkyl halides is 1. The molecular formula is C17H20FIN4O4S. The second-order valence-corrected chi connectivity index (χ2v) is 9.29. The van der Waals surface area contributed by atoms with Gasteiger partial charge in [0.15, 0.2) is 18.5 Å². The number of aliphatic hydroxyl groups excluding tert-OH is 1. The average Bonchev–Trinajstić information content (AvgIpc) is 3.36. The van der Waals surface area contributed by atoms with Crippen molar-refractivity contribution in [1.82, 2.24) is 14.5 Å². The van der Waals surface area contributed by atoms with E-state index in [1.54, 1.807) is 6.20 Å². The van der Waals surface area contributed by atoms with Crippen LogP contribution in [0.5, 0.6) is 0 Å². The second-order valence-electron chi connectivity index (χ2n) is 6.89. The summed E-state index contributed by atoms with van der Waals surface area (Å²) in [5.74, 6) is 0.288. The van der Waals surface area contributed by atoms with Crippen molar-refractivity contribution in [3.63, 3.8) is 0 Å². The Morgan fingerprint density at radius 3 is 2.93 bits per heavy atom. The number of nitrogens with zero attached hydrogens (tertiary/aromatic N) is 3. The van der Waals surface area contributed by atoms with Crippen molar-refractivity contribution in [1.29, 1.82) is 0 Å². The van der Waals surface area contributed by atoms with Gasteiger partial charge in [0, 0.05) is 15.0 Å². The Balaban J connectivity index is 1.55. The van der Waals surface area contributed by atoms with Crippen LogP contribution in [0.3, 0.4) is 0 Å². The summed E-state index contributed by atoms with van der Waals surface area (Å²) >= 11 is 3.17. The van der Waals surface area contributed by atoms with Crippen LogP contribution in [0.15, 0.2) is 12.5 Å². The molecule has 0 radical (unpaired) electrons. The third kappa shape index (κ3) is 3.68. The number of hydrogen-bond donors (Lipinski definition) is 2. The van der Waals surface area contributed by atoms with Crippen molar-refractivity contribution < 1.29 is 23.8 Å². The zero-order valence-corrected chi connectivity index (χ0v) is 17.8. The molecule has 3 heterocycles. The molecule has 1 saturated heterocycles. The Hall–Kier alpha value is -1.18. The molecule has 3 N–H and O–H groups in total. The average molecular weight is 522 g/mol. The first kappa shape index (κ1) is 20.1. The highest BCUT2D eigenvalue weighted by atomic mass is 127. The molecule has 28 heavy (non-hydrogen) atoms. The number of aromatic nitrogens is 3. The zero-order valence-electron chi connectivity index (χ0n) is 14.8. The first-order chi connectivity index (χ1) is 13.5. The van der Waals surface area contributed by atoms with E-state index in [4.69, 9.17) is 15.2 Å². The summed E-state index contributed by atoms with van der Waals surface area (Å²) in [6.07, 6.45) is 2.17. The molecule has 2 aromatic heterocycles. The van der Waals surface area contributed by atoms with E-state index in [9.17, 15) is 9.90 Å². The van der Waals surface area contributed by atoms with Gasteiger partial charge in [-0.25, -0.2) is 19.2 Å². The molecule has 1 unspecified atom stereocenters. The minimum absolute atomic E-state index is 0.214.